The lowest BCUT2D eigenvalue weighted by atomic mass is 9.86. The molecule has 1 aromatic rings. The number of methoxy groups -OCH3 is 1. The van der Waals surface area contributed by atoms with Gasteiger partial charge in [-0.25, -0.2) is 0 Å². The van der Waals surface area contributed by atoms with Crippen LogP contribution in [0.25, 0.3) is 0 Å². The van der Waals surface area contributed by atoms with Crippen LogP contribution in [0.1, 0.15) is 44.6 Å². The number of esters is 1. The Kier molecular flexibility index (Phi) is 7.09. The number of carbonyl (C=O) groups excluding carboxylic acids is 2. The van der Waals surface area contributed by atoms with E-state index in [0.29, 0.717) is 12.3 Å². The summed E-state index contributed by atoms with van der Waals surface area (Å²) >= 11 is 0. The number of nitrogens with one attached hydrogen (secondary N) is 1. The van der Waals surface area contributed by atoms with Crippen molar-refractivity contribution in [1.29, 1.82) is 0 Å². The van der Waals surface area contributed by atoms with Crippen molar-refractivity contribution in [2.75, 3.05) is 13.7 Å². The topological polar surface area (TPSA) is 64.6 Å². The van der Waals surface area contributed by atoms with E-state index in [0.717, 1.165) is 30.6 Å². The van der Waals surface area contributed by atoms with Gasteiger partial charge in [-0.15, -0.1) is 0 Å². The molecule has 1 aromatic carbocycles. The van der Waals surface area contributed by atoms with Crippen LogP contribution in [0.3, 0.4) is 0 Å². The third-order valence-electron chi connectivity index (χ3n) is 4.61. The van der Waals surface area contributed by atoms with Gasteiger partial charge in [0.05, 0.1) is 7.11 Å². The van der Waals surface area contributed by atoms with Gasteiger partial charge in [-0.1, -0.05) is 38.0 Å². The monoisotopic (exact) mass is 333 g/mol. The third kappa shape index (κ3) is 5.55. The lowest BCUT2D eigenvalue weighted by Gasteiger charge is -2.29. The van der Waals surface area contributed by atoms with Crippen molar-refractivity contribution < 1.29 is 19.1 Å². The molecule has 24 heavy (non-hydrogen) atoms. The molecule has 0 spiro atoms. The first kappa shape index (κ1) is 18.3. The first-order valence-electron chi connectivity index (χ1n) is 8.67. The Bertz CT molecular complexity index is 558. The highest BCUT2D eigenvalue weighted by Gasteiger charge is 2.23. The molecule has 0 saturated heterocycles. The molecule has 2 atom stereocenters. The van der Waals surface area contributed by atoms with Crippen molar-refractivity contribution in [3.05, 3.63) is 29.8 Å². The van der Waals surface area contributed by atoms with Gasteiger partial charge in [-0.05, 0) is 36.8 Å². The summed E-state index contributed by atoms with van der Waals surface area (Å²) in [6.07, 6.45) is 5.29. The molecule has 5 nitrogen and oxygen atoms in total. The number of hydrogen-bond donors (Lipinski definition) is 1. The van der Waals surface area contributed by atoms with Crippen molar-refractivity contribution >= 4 is 11.9 Å². The van der Waals surface area contributed by atoms with Gasteiger partial charge >= 0.3 is 5.97 Å². The summed E-state index contributed by atoms with van der Waals surface area (Å²) in [5, 5.41) is 2.98. The standard InChI is InChI=1S/C19H27NO4/c1-14-7-3-5-9-16(14)20-18(21)13-24-19(22)12-11-15-8-4-6-10-17(15)23-2/h4,6,8,10,14,16H,3,5,7,9,11-13H2,1-2H3,(H,20,21)/t14-,16-/m0/s1. The maximum Gasteiger partial charge on any atom is 0.306 e. The van der Waals surface area contributed by atoms with Crippen LogP contribution in [-0.2, 0) is 20.7 Å². The molecular weight excluding hydrogens is 306 g/mol. The molecule has 1 aliphatic carbocycles. The van der Waals surface area contributed by atoms with E-state index < -0.39 is 0 Å². The van der Waals surface area contributed by atoms with Crippen LogP contribution in [0.4, 0.5) is 0 Å². The molecule has 0 bridgehead atoms. The van der Waals surface area contributed by atoms with Crippen molar-refractivity contribution in [3.8, 4) is 5.75 Å². The summed E-state index contributed by atoms with van der Waals surface area (Å²) in [4.78, 5) is 23.8. The molecule has 1 saturated carbocycles. The Labute approximate surface area is 143 Å². The maximum absolute atomic E-state index is 11.9. The molecule has 0 aromatic heterocycles. The fraction of sp³-hybridized carbons (Fsp3) is 0.579. The number of ether oxygens (including phenoxy) is 2. The van der Waals surface area contributed by atoms with E-state index in [-0.39, 0.29) is 30.9 Å². The van der Waals surface area contributed by atoms with E-state index in [1.165, 1.54) is 6.42 Å². The van der Waals surface area contributed by atoms with Crippen LogP contribution in [0, 0.1) is 5.92 Å². The smallest absolute Gasteiger partial charge is 0.306 e. The largest absolute Gasteiger partial charge is 0.496 e. The van der Waals surface area contributed by atoms with E-state index >= 15 is 0 Å². The summed E-state index contributed by atoms with van der Waals surface area (Å²) in [6.45, 7) is 1.96. The van der Waals surface area contributed by atoms with Crippen LogP contribution < -0.4 is 10.1 Å². The van der Waals surface area contributed by atoms with Gasteiger partial charge in [-0.3, -0.25) is 9.59 Å². The van der Waals surface area contributed by atoms with Crippen molar-refractivity contribution in [2.24, 2.45) is 5.92 Å². The lowest BCUT2D eigenvalue weighted by molar-refractivity contribution is -0.148. The van der Waals surface area contributed by atoms with Crippen LogP contribution in [0.15, 0.2) is 24.3 Å². The zero-order chi connectivity index (χ0) is 17.4. The van der Waals surface area contributed by atoms with Gasteiger partial charge in [0, 0.05) is 12.5 Å². The van der Waals surface area contributed by atoms with Crippen molar-refractivity contribution in [1.82, 2.24) is 5.32 Å². The molecular formula is C19H27NO4. The summed E-state index contributed by atoms with van der Waals surface area (Å²) < 4.78 is 10.3. The molecule has 0 radical (unpaired) electrons. The second-order valence-electron chi connectivity index (χ2n) is 6.41. The number of para-hydroxylation sites is 1. The normalized spacial score (nSPS) is 20.2. The second kappa shape index (κ2) is 9.30. The molecule has 1 fully saturated rings. The molecule has 1 aliphatic rings. The third-order valence-corrected chi connectivity index (χ3v) is 4.61. The molecule has 0 aliphatic heterocycles. The predicted octanol–water partition coefficient (Wildman–Crippen LogP) is 2.87. The summed E-state index contributed by atoms with van der Waals surface area (Å²) in [6, 6.07) is 7.78. The van der Waals surface area contributed by atoms with Crippen LogP contribution >= 0.6 is 0 Å². The predicted molar refractivity (Wildman–Crippen MR) is 91.8 cm³/mol. The van der Waals surface area contributed by atoms with Crippen LogP contribution in [-0.4, -0.2) is 31.6 Å². The second-order valence-corrected chi connectivity index (χ2v) is 6.41. The lowest BCUT2D eigenvalue weighted by Crippen LogP contribution is -2.42. The maximum atomic E-state index is 11.9. The van der Waals surface area contributed by atoms with Gasteiger partial charge in [0.15, 0.2) is 6.61 Å². The van der Waals surface area contributed by atoms with Gasteiger partial charge in [0.25, 0.3) is 5.91 Å². The Morgan fingerprint density at radius 1 is 1.21 bits per heavy atom. The van der Waals surface area contributed by atoms with Gasteiger partial charge in [0.2, 0.25) is 0 Å². The molecule has 1 amide bonds. The molecule has 5 heteroatoms. The summed E-state index contributed by atoms with van der Waals surface area (Å²) in [7, 11) is 1.60. The minimum Gasteiger partial charge on any atom is -0.496 e. The molecule has 1 N–H and O–H groups in total. The Morgan fingerprint density at radius 3 is 2.71 bits per heavy atom. The number of benzene rings is 1. The highest BCUT2D eigenvalue weighted by molar-refractivity contribution is 5.80. The van der Waals surface area contributed by atoms with Gasteiger partial charge < -0.3 is 14.8 Å². The number of hydrogen-bond acceptors (Lipinski definition) is 4. The van der Waals surface area contributed by atoms with E-state index in [4.69, 9.17) is 9.47 Å². The molecule has 0 heterocycles. The van der Waals surface area contributed by atoms with E-state index in [2.05, 4.69) is 12.2 Å². The fourth-order valence-electron chi connectivity index (χ4n) is 3.14. The van der Waals surface area contributed by atoms with Crippen LogP contribution in [0.5, 0.6) is 5.75 Å². The fourth-order valence-corrected chi connectivity index (χ4v) is 3.14. The average Bonchev–Trinajstić information content (AvgIpc) is 2.60. The average molecular weight is 333 g/mol. The molecule has 132 valence electrons. The van der Waals surface area contributed by atoms with Gasteiger partial charge in [-0.2, -0.15) is 0 Å². The zero-order valence-electron chi connectivity index (χ0n) is 14.5. The summed E-state index contributed by atoms with van der Waals surface area (Å²) in [5.41, 5.74) is 0.956. The highest BCUT2D eigenvalue weighted by atomic mass is 16.5. The number of rotatable bonds is 7. The van der Waals surface area contributed by atoms with E-state index in [9.17, 15) is 9.59 Å². The molecule has 0 unspecified atom stereocenters. The first-order chi connectivity index (χ1) is 11.6. The Hall–Kier alpha value is -2.04. The zero-order valence-corrected chi connectivity index (χ0v) is 14.5. The Morgan fingerprint density at radius 2 is 1.96 bits per heavy atom. The van der Waals surface area contributed by atoms with E-state index in [1.807, 2.05) is 24.3 Å². The quantitative estimate of drug-likeness (QED) is 0.779. The molecule has 2 rings (SSSR count). The van der Waals surface area contributed by atoms with Crippen molar-refractivity contribution in [2.45, 2.75) is 51.5 Å². The van der Waals surface area contributed by atoms with Crippen molar-refractivity contribution in [3.63, 3.8) is 0 Å². The number of aryl methyl sites for hydroxylation is 1. The minimum atomic E-state index is -0.368. The SMILES string of the molecule is COc1ccccc1CCC(=O)OCC(=O)N[C@H]1CCCC[C@@H]1C. The number of carbonyl (C=O) groups is 2. The van der Waals surface area contributed by atoms with E-state index in [1.54, 1.807) is 7.11 Å². The minimum absolute atomic E-state index is 0.200. The Balaban J connectivity index is 1.69. The highest BCUT2D eigenvalue weighted by Crippen LogP contribution is 2.23. The first-order valence-corrected chi connectivity index (χ1v) is 8.67. The van der Waals surface area contributed by atoms with Gasteiger partial charge in [0.1, 0.15) is 5.75 Å². The number of amides is 1. The summed E-state index contributed by atoms with van der Waals surface area (Å²) in [5.74, 6) is 0.672. The van der Waals surface area contributed by atoms with Crippen LogP contribution in [0.2, 0.25) is 0 Å².